The van der Waals surface area contributed by atoms with Crippen LogP contribution in [0.25, 0.3) is 0 Å². The van der Waals surface area contributed by atoms with Crippen LogP contribution in [0.1, 0.15) is 19.7 Å². The van der Waals surface area contributed by atoms with Crippen LogP contribution in [0, 0.1) is 6.92 Å². The minimum atomic E-state index is -0.319. The molecule has 13 heavy (non-hydrogen) atoms. The summed E-state index contributed by atoms with van der Waals surface area (Å²) in [4.78, 5) is 8.24. The summed E-state index contributed by atoms with van der Waals surface area (Å²) in [6.45, 7) is 5.62. The average molecular weight is 198 g/mol. The van der Waals surface area contributed by atoms with Crippen molar-refractivity contribution in [1.29, 1.82) is 0 Å². The number of aliphatic hydroxyl groups excluding tert-OH is 1. The van der Waals surface area contributed by atoms with Crippen LogP contribution in [0.5, 0.6) is 0 Å². The van der Waals surface area contributed by atoms with Gasteiger partial charge < -0.3 is 5.11 Å². The van der Waals surface area contributed by atoms with Gasteiger partial charge in [-0.3, -0.25) is 0 Å². The molecule has 3 nitrogen and oxygen atoms in total. The summed E-state index contributed by atoms with van der Waals surface area (Å²) in [5, 5.41) is 10.4. The SMILES string of the molecule is Cc1nccc(SC(C)C(C)O)n1. The van der Waals surface area contributed by atoms with E-state index in [2.05, 4.69) is 9.97 Å². The number of hydrogen-bond acceptors (Lipinski definition) is 4. The Morgan fingerprint density at radius 2 is 2.15 bits per heavy atom. The maximum atomic E-state index is 9.29. The Bertz CT molecular complexity index is 278. The molecule has 1 rings (SSSR count). The Kier molecular flexibility index (Phi) is 3.69. The van der Waals surface area contributed by atoms with Crippen LogP contribution in [-0.2, 0) is 0 Å². The molecule has 1 N–H and O–H groups in total. The van der Waals surface area contributed by atoms with Crippen LogP contribution >= 0.6 is 11.8 Å². The maximum Gasteiger partial charge on any atom is 0.126 e. The van der Waals surface area contributed by atoms with Crippen molar-refractivity contribution in [1.82, 2.24) is 9.97 Å². The van der Waals surface area contributed by atoms with Gasteiger partial charge in [-0.1, -0.05) is 6.92 Å². The van der Waals surface area contributed by atoms with Gasteiger partial charge in [0.15, 0.2) is 0 Å². The third-order valence-corrected chi connectivity index (χ3v) is 2.97. The molecule has 0 radical (unpaired) electrons. The van der Waals surface area contributed by atoms with Gasteiger partial charge in [0.2, 0.25) is 0 Å². The van der Waals surface area contributed by atoms with Gasteiger partial charge in [0, 0.05) is 11.4 Å². The number of aryl methyl sites for hydroxylation is 1. The third-order valence-electron chi connectivity index (χ3n) is 1.74. The van der Waals surface area contributed by atoms with E-state index in [9.17, 15) is 5.11 Å². The largest absolute Gasteiger partial charge is 0.392 e. The molecule has 1 heterocycles. The van der Waals surface area contributed by atoms with E-state index in [4.69, 9.17) is 0 Å². The van der Waals surface area contributed by atoms with E-state index in [1.807, 2.05) is 19.9 Å². The molecule has 0 amide bonds. The van der Waals surface area contributed by atoms with Crippen LogP contribution in [-0.4, -0.2) is 26.4 Å². The van der Waals surface area contributed by atoms with Gasteiger partial charge in [-0.15, -0.1) is 11.8 Å². The lowest BCUT2D eigenvalue weighted by Crippen LogP contribution is -2.15. The average Bonchev–Trinajstić information content (AvgIpc) is 2.04. The summed E-state index contributed by atoms with van der Waals surface area (Å²) >= 11 is 1.56. The van der Waals surface area contributed by atoms with E-state index in [-0.39, 0.29) is 11.4 Å². The van der Waals surface area contributed by atoms with Crippen molar-refractivity contribution >= 4 is 11.8 Å². The Balaban J connectivity index is 2.64. The normalized spacial score (nSPS) is 15.4. The summed E-state index contributed by atoms with van der Waals surface area (Å²) in [5.41, 5.74) is 0. The van der Waals surface area contributed by atoms with E-state index in [1.54, 1.807) is 24.9 Å². The molecular formula is C9H14N2OS. The van der Waals surface area contributed by atoms with Crippen molar-refractivity contribution < 1.29 is 5.11 Å². The Labute approximate surface area is 82.6 Å². The number of nitrogens with zero attached hydrogens (tertiary/aromatic N) is 2. The van der Waals surface area contributed by atoms with Crippen molar-refractivity contribution in [3.63, 3.8) is 0 Å². The van der Waals surface area contributed by atoms with E-state index in [0.717, 1.165) is 10.9 Å². The Morgan fingerprint density at radius 1 is 1.46 bits per heavy atom. The molecule has 72 valence electrons. The molecular weight excluding hydrogens is 184 g/mol. The Hall–Kier alpha value is -0.610. The zero-order valence-electron chi connectivity index (χ0n) is 8.06. The molecule has 2 unspecified atom stereocenters. The topological polar surface area (TPSA) is 46.0 Å². The van der Waals surface area contributed by atoms with Gasteiger partial charge in [0.25, 0.3) is 0 Å². The number of aromatic nitrogens is 2. The van der Waals surface area contributed by atoms with Gasteiger partial charge in [0.05, 0.1) is 6.10 Å². The molecule has 0 saturated carbocycles. The highest BCUT2D eigenvalue weighted by Gasteiger charge is 2.10. The highest BCUT2D eigenvalue weighted by atomic mass is 32.2. The van der Waals surface area contributed by atoms with Crippen molar-refractivity contribution in [3.05, 3.63) is 18.1 Å². The van der Waals surface area contributed by atoms with Gasteiger partial charge >= 0.3 is 0 Å². The lowest BCUT2D eigenvalue weighted by Gasteiger charge is -2.12. The lowest BCUT2D eigenvalue weighted by atomic mass is 10.3. The van der Waals surface area contributed by atoms with Crippen molar-refractivity contribution in [2.24, 2.45) is 0 Å². The van der Waals surface area contributed by atoms with Crippen LogP contribution in [0.4, 0.5) is 0 Å². The molecule has 2 atom stereocenters. The fourth-order valence-corrected chi connectivity index (χ4v) is 1.69. The molecule has 0 bridgehead atoms. The number of rotatable bonds is 3. The molecule has 1 aromatic rings. The summed E-state index contributed by atoms with van der Waals surface area (Å²) in [5.74, 6) is 0.766. The molecule has 0 aliphatic carbocycles. The first-order valence-corrected chi connectivity index (χ1v) is 5.12. The minimum absolute atomic E-state index is 0.161. The van der Waals surface area contributed by atoms with Gasteiger partial charge in [0.1, 0.15) is 10.9 Å². The maximum absolute atomic E-state index is 9.29. The van der Waals surface area contributed by atoms with Crippen molar-refractivity contribution in [2.75, 3.05) is 0 Å². The smallest absolute Gasteiger partial charge is 0.126 e. The molecule has 1 aromatic heterocycles. The van der Waals surface area contributed by atoms with Gasteiger partial charge in [-0.05, 0) is 19.9 Å². The first-order valence-electron chi connectivity index (χ1n) is 4.24. The highest BCUT2D eigenvalue weighted by molar-refractivity contribution is 7.99. The molecule has 0 aliphatic rings. The van der Waals surface area contributed by atoms with Crippen LogP contribution in [0.15, 0.2) is 17.3 Å². The van der Waals surface area contributed by atoms with Crippen molar-refractivity contribution in [2.45, 2.75) is 37.2 Å². The number of thioether (sulfide) groups is 1. The Morgan fingerprint density at radius 3 is 2.69 bits per heavy atom. The van der Waals surface area contributed by atoms with Crippen LogP contribution in [0.2, 0.25) is 0 Å². The van der Waals surface area contributed by atoms with Crippen LogP contribution in [0.3, 0.4) is 0 Å². The fraction of sp³-hybridized carbons (Fsp3) is 0.556. The minimum Gasteiger partial charge on any atom is -0.392 e. The van der Waals surface area contributed by atoms with E-state index in [0.29, 0.717) is 0 Å². The molecule has 0 fully saturated rings. The first-order chi connectivity index (χ1) is 6.09. The van der Waals surface area contributed by atoms with E-state index in [1.165, 1.54) is 0 Å². The second-order valence-corrected chi connectivity index (χ2v) is 4.40. The summed E-state index contributed by atoms with van der Waals surface area (Å²) in [6, 6.07) is 1.86. The lowest BCUT2D eigenvalue weighted by molar-refractivity contribution is 0.196. The predicted octanol–water partition coefficient (Wildman–Crippen LogP) is 1.65. The van der Waals surface area contributed by atoms with Gasteiger partial charge in [-0.2, -0.15) is 0 Å². The molecule has 0 aromatic carbocycles. The monoisotopic (exact) mass is 198 g/mol. The molecule has 0 spiro atoms. The molecule has 0 aliphatic heterocycles. The number of aliphatic hydroxyl groups is 1. The summed E-state index contributed by atoms with van der Waals surface area (Å²) < 4.78 is 0. The second kappa shape index (κ2) is 4.58. The summed E-state index contributed by atoms with van der Waals surface area (Å²) in [7, 11) is 0. The fourth-order valence-electron chi connectivity index (χ4n) is 0.789. The number of hydrogen-bond donors (Lipinski definition) is 1. The van der Waals surface area contributed by atoms with E-state index < -0.39 is 0 Å². The summed E-state index contributed by atoms with van der Waals surface area (Å²) in [6.07, 6.45) is 1.42. The molecule has 0 saturated heterocycles. The quantitative estimate of drug-likeness (QED) is 0.592. The molecule has 4 heteroatoms. The van der Waals surface area contributed by atoms with Crippen LogP contribution < -0.4 is 0 Å². The highest BCUT2D eigenvalue weighted by Crippen LogP contribution is 2.22. The first kappa shape index (κ1) is 10.5. The predicted molar refractivity (Wildman–Crippen MR) is 53.8 cm³/mol. The zero-order chi connectivity index (χ0) is 9.84. The van der Waals surface area contributed by atoms with Gasteiger partial charge in [-0.25, -0.2) is 9.97 Å². The zero-order valence-corrected chi connectivity index (χ0v) is 8.88. The third kappa shape index (κ3) is 3.32. The van der Waals surface area contributed by atoms with Crippen molar-refractivity contribution in [3.8, 4) is 0 Å². The standard InChI is InChI=1S/C9H14N2OS/c1-6(12)7(2)13-9-4-5-10-8(3)11-9/h4-7,12H,1-3H3. The second-order valence-electron chi connectivity index (χ2n) is 3.01. The van der Waals surface area contributed by atoms with E-state index >= 15 is 0 Å².